The van der Waals surface area contributed by atoms with E-state index in [-0.39, 0.29) is 13.5 Å². The van der Waals surface area contributed by atoms with E-state index < -0.39 is 0 Å². The third kappa shape index (κ3) is 3.45. The van der Waals surface area contributed by atoms with Crippen molar-refractivity contribution in [2.75, 3.05) is 11.4 Å². The van der Waals surface area contributed by atoms with Crippen LogP contribution in [0.1, 0.15) is 38.2 Å². The van der Waals surface area contributed by atoms with E-state index in [9.17, 15) is 0 Å². The molecule has 0 saturated carbocycles. The molecule has 5 rings (SSSR count). The summed E-state index contributed by atoms with van der Waals surface area (Å²) >= 11 is 0. The standard InChI is InChI=1S/C21H21N7O.CH4/c1-14-5-3-6-17(13-14)20-23-18(26-29-20)15(2)27-11-4-12-28-19(24-25-21(27)28)16-7-9-22-10-8-16;/h3,5-10,13,15H,4,11-12H2,1-2H3;1H4/t15-;/m1./s1. The summed E-state index contributed by atoms with van der Waals surface area (Å²) in [6.07, 6.45) is 4.54. The van der Waals surface area contributed by atoms with E-state index in [2.05, 4.69) is 41.7 Å². The average Bonchev–Trinajstić information content (AvgIpc) is 3.41. The second kappa shape index (κ2) is 8.06. The highest BCUT2D eigenvalue weighted by Crippen LogP contribution is 2.32. The minimum absolute atomic E-state index is 0. The fourth-order valence-corrected chi connectivity index (χ4v) is 3.73. The van der Waals surface area contributed by atoms with Gasteiger partial charge in [0, 0.05) is 36.6 Å². The summed E-state index contributed by atoms with van der Waals surface area (Å²) in [4.78, 5) is 10.9. The van der Waals surface area contributed by atoms with Crippen molar-refractivity contribution in [2.24, 2.45) is 0 Å². The lowest BCUT2D eigenvalue weighted by Crippen LogP contribution is -2.35. The number of rotatable bonds is 4. The van der Waals surface area contributed by atoms with Gasteiger partial charge in [-0.25, -0.2) is 0 Å². The van der Waals surface area contributed by atoms with E-state index in [1.807, 2.05) is 43.3 Å². The number of hydrogen-bond acceptors (Lipinski definition) is 7. The number of aromatic nitrogens is 6. The molecule has 0 bridgehead atoms. The van der Waals surface area contributed by atoms with Gasteiger partial charge in [-0.05, 0) is 44.5 Å². The van der Waals surface area contributed by atoms with Gasteiger partial charge in [-0.15, -0.1) is 10.2 Å². The molecule has 1 aliphatic heterocycles. The van der Waals surface area contributed by atoms with E-state index in [0.29, 0.717) is 11.7 Å². The van der Waals surface area contributed by atoms with Crippen molar-refractivity contribution in [3.05, 3.63) is 60.2 Å². The monoisotopic (exact) mass is 403 g/mol. The maximum Gasteiger partial charge on any atom is 0.258 e. The van der Waals surface area contributed by atoms with Crippen LogP contribution in [0.2, 0.25) is 0 Å². The largest absolute Gasteiger partial charge is 0.334 e. The van der Waals surface area contributed by atoms with E-state index in [4.69, 9.17) is 4.52 Å². The quantitative estimate of drug-likeness (QED) is 0.502. The van der Waals surface area contributed by atoms with Crippen molar-refractivity contribution in [3.63, 3.8) is 0 Å². The van der Waals surface area contributed by atoms with Gasteiger partial charge in [0.05, 0.1) is 6.04 Å². The van der Waals surface area contributed by atoms with E-state index >= 15 is 0 Å². The molecule has 0 amide bonds. The lowest BCUT2D eigenvalue weighted by molar-refractivity contribution is 0.411. The SMILES string of the molecule is C.Cc1cccc(-c2nc([C@@H](C)N3CCCn4c(-c5ccncc5)nnc43)no2)c1. The number of aryl methyl sites for hydroxylation is 1. The molecule has 0 N–H and O–H groups in total. The maximum absolute atomic E-state index is 5.54. The third-order valence-electron chi connectivity index (χ3n) is 5.26. The Morgan fingerprint density at radius 3 is 2.67 bits per heavy atom. The van der Waals surface area contributed by atoms with Crippen molar-refractivity contribution in [2.45, 2.75) is 40.3 Å². The predicted octanol–water partition coefficient (Wildman–Crippen LogP) is 4.31. The van der Waals surface area contributed by atoms with E-state index in [0.717, 1.165) is 48.0 Å². The third-order valence-corrected chi connectivity index (χ3v) is 5.26. The molecule has 0 saturated heterocycles. The number of pyridine rings is 1. The van der Waals surface area contributed by atoms with Crippen LogP contribution in [-0.2, 0) is 6.54 Å². The zero-order chi connectivity index (χ0) is 19.8. The van der Waals surface area contributed by atoms with Gasteiger partial charge in [0.2, 0.25) is 5.95 Å². The first kappa shape index (κ1) is 19.8. The molecule has 0 fully saturated rings. The molecule has 4 heterocycles. The minimum atomic E-state index is -0.0779. The molecule has 154 valence electrons. The molecule has 1 aliphatic rings. The van der Waals surface area contributed by atoms with Crippen molar-refractivity contribution >= 4 is 5.95 Å². The maximum atomic E-state index is 5.54. The molecule has 30 heavy (non-hydrogen) atoms. The van der Waals surface area contributed by atoms with Gasteiger partial charge in [-0.1, -0.05) is 30.3 Å². The van der Waals surface area contributed by atoms with E-state index in [1.54, 1.807) is 12.4 Å². The minimum Gasteiger partial charge on any atom is -0.334 e. The summed E-state index contributed by atoms with van der Waals surface area (Å²) in [5, 5.41) is 13.1. The van der Waals surface area contributed by atoms with Crippen LogP contribution < -0.4 is 4.90 Å². The highest BCUT2D eigenvalue weighted by atomic mass is 16.5. The molecule has 4 aromatic rings. The molecule has 8 nitrogen and oxygen atoms in total. The zero-order valence-electron chi connectivity index (χ0n) is 16.4. The smallest absolute Gasteiger partial charge is 0.258 e. The molecular weight excluding hydrogens is 378 g/mol. The summed E-state index contributed by atoms with van der Waals surface area (Å²) in [5.41, 5.74) is 3.09. The highest BCUT2D eigenvalue weighted by Gasteiger charge is 2.29. The van der Waals surface area contributed by atoms with Crippen LogP contribution in [0.4, 0.5) is 5.95 Å². The van der Waals surface area contributed by atoms with Gasteiger partial charge in [-0.2, -0.15) is 4.98 Å². The lowest BCUT2D eigenvalue weighted by atomic mass is 10.1. The van der Waals surface area contributed by atoms with E-state index in [1.165, 1.54) is 0 Å². The first-order chi connectivity index (χ1) is 14.2. The predicted molar refractivity (Wildman–Crippen MR) is 115 cm³/mol. The summed E-state index contributed by atoms with van der Waals surface area (Å²) in [6, 6.07) is 11.9. The number of anilines is 1. The van der Waals surface area contributed by atoms with Crippen molar-refractivity contribution in [3.8, 4) is 22.8 Å². The van der Waals surface area contributed by atoms with Gasteiger partial charge in [0.25, 0.3) is 5.89 Å². The summed E-state index contributed by atoms with van der Waals surface area (Å²) in [6.45, 7) is 5.86. The van der Waals surface area contributed by atoms with Crippen molar-refractivity contribution in [1.29, 1.82) is 0 Å². The molecular formula is C22H25N7O. The number of fused-ring (bicyclic) bond motifs is 1. The summed E-state index contributed by atoms with van der Waals surface area (Å²) in [5.74, 6) is 2.86. The number of benzene rings is 1. The van der Waals surface area contributed by atoms with Gasteiger partial charge in [0.1, 0.15) is 0 Å². The fraction of sp³-hybridized carbons (Fsp3) is 0.318. The van der Waals surface area contributed by atoms with Gasteiger partial charge < -0.3 is 9.42 Å². The Kier molecular flexibility index (Phi) is 5.31. The number of hydrogen-bond donors (Lipinski definition) is 0. The molecule has 3 aromatic heterocycles. The normalized spacial score (nSPS) is 14.1. The molecule has 0 radical (unpaired) electrons. The Labute approximate surface area is 175 Å². The Morgan fingerprint density at radius 2 is 1.87 bits per heavy atom. The van der Waals surface area contributed by atoms with Crippen LogP contribution in [0.3, 0.4) is 0 Å². The first-order valence-electron chi connectivity index (χ1n) is 9.71. The topological polar surface area (TPSA) is 85.8 Å². The molecule has 1 atom stereocenters. The second-order valence-corrected chi connectivity index (χ2v) is 7.26. The molecule has 1 aromatic carbocycles. The molecule has 0 spiro atoms. The van der Waals surface area contributed by atoms with Crippen LogP contribution in [0.5, 0.6) is 0 Å². The second-order valence-electron chi connectivity index (χ2n) is 7.26. The van der Waals surface area contributed by atoms with Crippen LogP contribution in [0.15, 0.2) is 53.3 Å². The van der Waals surface area contributed by atoms with Crippen LogP contribution >= 0.6 is 0 Å². The average molecular weight is 403 g/mol. The Balaban J connectivity index is 0.00000218. The number of nitrogens with zero attached hydrogens (tertiary/aromatic N) is 7. The Morgan fingerprint density at radius 1 is 1.03 bits per heavy atom. The van der Waals surface area contributed by atoms with Crippen LogP contribution in [0.25, 0.3) is 22.8 Å². The van der Waals surface area contributed by atoms with Gasteiger partial charge in [0.15, 0.2) is 11.6 Å². The van der Waals surface area contributed by atoms with Gasteiger partial charge >= 0.3 is 0 Å². The fourth-order valence-electron chi connectivity index (χ4n) is 3.73. The first-order valence-corrected chi connectivity index (χ1v) is 9.71. The Hall–Kier alpha value is -3.55. The molecule has 0 unspecified atom stereocenters. The van der Waals surface area contributed by atoms with Gasteiger partial charge in [-0.3, -0.25) is 9.55 Å². The lowest BCUT2D eigenvalue weighted by Gasteiger charge is -2.32. The van der Waals surface area contributed by atoms with Crippen molar-refractivity contribution < 1.29 is 4.52 Å². The summed E-state index contributed by atoms with van der Waals surface area (Å²) < 4.78 is 7.69. The summed E-state index contributed by atoms with van der Waals surface area (Å²) in [7, 11) is 0. The molecule has 8 heteroatoms. The highest BCUT2D eigenvalue weighted by molar-refractivity contribution is 5.58. The van der Waals surface area contributed by atoms with Crippen LogP contribution in [-0.4, -0.2) is 36.4 Å². The Bertz CT molecular complexity index is 1140. The van der Waals surface area contributed by atoms with Crippen molar-refractivity contribution in [1.82, 2.24) is 29.9 Å². The molecule has 0 aliphatic carbocycles. The zero-order valence-corrected chi connectivity index (χ0v) is 16.4. The van der Waals surface area contributed by atoms with Crippen LogP contribution in [0, 0.1) is 6.92 Å².